The first-order valence-corrected chi connectivity index (χ1v) is 7.12. The van der Waals surface area contributed by atoms with E-state index in [1.165, 1.54) is 11.3 Å². The molecule has 0 amide bonds. The largest absolute Gasteiger partial charge is 0.294 e. The summed E-state index contributed by atoms with van der Waals surface area (Å²) in [6.07, 6.45) is 4.33. The van der Waals surface area contributed by atoms with Crippen LogP contribution in [0.4, 0.5) is 0 Å². The van der Waals surface area contributed by atoms with Gasteiger partial charge in [0.1, 0.15) is 5.54 Å². The minimum absolute atomic E-state index is 0.288. The molecule has 3 heteroatoms. The van der Waals surface area contributed by atoms with Crippen LogP contribution in [0.25, 0.3) is 0 Å². The maximum Gasteiger partial charge on any atom is 0.107 e. The molecule has 0 radical (unpaired) electrons. The van der Waals surface area contributed by atoms with Gasteiger partial charge in [-0.1, -0.05) is 26.3 Å². The highest BCUT2D eigenvalue weighted by Crippen LogP contribution is 2.40. The van der Waals surface area contributed by atoms with Gasteiger partial charge in [-0.15, -0.1) is 11.3 Å². The summed E-state index contributed by atoms with van der Waals surface area (Å²) >= 11 is 1.75. The smallest absolute Gasteiger partial charge is 0.107 e. The highest BCUT2D eigenvalue weighted by atomic mass is 32.1. The number of nitriles is 1. The molecule has 1 aromatic rings. The van der Waals surface area contributed by atoms with Gasteiger partial charge < -0.3 is 0 Å². The van der Waals surface area contributed by atoms with Crippen molar-refractivity contribution < 1.29 is 0 Å². The summed E-state index contributed by atoms with van der Waals surface area (Å²) in [4.78, 5) is 1.31. The van der Waals surface area contributed by atoms with Gasteiger partial charge >= 0.3 is 0 Å². The summed E-state index contributed by atoms with van der Waals surface area (Å²) in [6, 6.07) is 6.71. The minimum atomic E-state index is -0.314. The van der Waals surface area contributed by atoms with E-state index < -0.39 is 0 Å². The zero-order valence-electron chi connectivity index (χ0n) is 10.6. The molecule has 1 N–H and O–H groups in total. The summed E-state index contributed by atoms with van der Waals surface area (Å²) in [5.74, 6) is 0. The van der Waals surface area contributed by atoms with Crippen molar-refractivity contribution >= 4 is 11.3 Å². The molecule has 1 saturated carbocycles. The van der Waals surface area contributed by atoms with Crippen molar-refractivity contribution in [1.82, 2.24) is 5.32 Å². The fraction of sp³-hybridized carbons (Fsp3) is 0.643. The Morgan fingerprint density at radius 1 is 1.47 bits per heavy atom. The zero-order chi connectivity index (χ0) is 12.4. The van der Waals surface area contributed by atoms with Gasteiger partial charge in [0.2, 0.25) is 0 Å². The predicted octanol–water partition coefficient (Wildman–Crippen LogP) is 3.70. The number of nitrogens with one attached hydrogen (secondary N) is 1. The molecule has 1 aromatic heterocycles. The van der Waals surface area contributed by atoms with Crippen LogP contribution in [-0.4, -0.2) is 5.54 Å². The second-order valence-electron chi connectivity index (χ2n) is 5.82. The monoisotopic (exact) mass is 248 g/mol. The summed E-state index contributed by atoms with van der Waals surface area (Å²) in [5.41, 5.74) is -0.0256. The van der Waals surface area contributed by atoms with Crippen LogP contribution in [-0.2, 0) is 6.54 Å². The van der Waals surface area contributed by atoms with E-state index in [-0.39, 0.29) is 11.0 Å². The number of thiophene rings is 1. The molecule has 0 saturated heterocycles. The van der Waals surface area contributed by atoms with E-state index in [9.17, 15) is 5.26 Å². The van der Waals surface area contributed by atoms with Crippen molar-refractivity contribution in [2.75, 3.05) is 0 Å². The molecule has 1 atom stereocenters. The van der Waals surface area contributed by atoms with E-state index in [4.69, 9.17) is 0 Å². The Bertz CT molecular complexity index is 402. The summed E-state index contributed by atoms with van der Waals surface area (Å²) in [7, 11) is 0. The number of nitrogens with zero attached hydrogens (tertiary/aromatic N) is 1. The van der Waals surface area contributed by atoms with E-state index in [1.807, 2.05) is 0 Å². The summed E-state index contributed by atoms with van der Waals surface area (Å²) in [6.45, 7) is 5.36. The lowest BCUT2D eigenvalue weighted by atomic mass is 9.68. The molecule has 1 aliphatic rings. The summed E-state index contributed by atoms with van der Waals surface area (Å²) < 4.78 is 0. The van der Waals surface area contributed by atoms with E-state index >= 15 is 0 Å². The molecule has 0 spiro atoms. The van der Waals surface area contributed by atoms with E-state index in [1.54, 1.807) is 11.3 Å². The minimum Gasteiger partial charge on any atom is -0.294 e. The zero-order valence-corrected chi connectivity index (χ0v) is 11.4. The van der Waals surface area contributed by atoms with Gasteiger partial charge in [0.05, 0.1) is 6.07 Å². The third-order valence-electron chi connectivity index (χ3n) is 3.63. The molecule has 1 unspecified atom stereocenters. The van der Waals surface area contributed by atoms with Crippen LogP contribution in [0.2, 0.25) is 0 Å². The molecule has 2 rings (SSSR count). The molecule has 1 fully saturated rings. The van der Waals surface area contributed by atoms with Crippen molar-refractivity contribution in [2.45, 2.75) is 51.6 Å². The van der Waals surface area contributed by atoms with Crippen molar-refractivity contribution in [3.05, 3.63) is 22.4 Å². The van der Waals surface area contributed by atoms with E-state index in [2.05, 4.69) is 42.7 Å². The maximum absolute atomic E-state index is 9.49. The van der Waals surface area contributed by atoms with Crippen molar-refractivity contribution in [3.63, 3.8) is 0 Å². The standard InChI is InChI=1S/C14H20N2S/c1-13(2)6-4-7-14(10-13,11-15)16-9-12-5-3-8-17-12/h3,5,8,16H,4,6-7,9-10H2,1-2H3. The Balaban J connectivity index is 2.02. The van der Waals surface area contributed by atoms with Gasteiger partial charge in [-0.2, -0.15) is 5.26 Å². The molecule has 0 aliphatic heterocycles. The molecular weight excluding hydrogens is 228 g/mol. The van der Waals surface area contributed by atoms with Crippen LogP contribution in [0.5, 0.6) is 0 Å². The number of rotatable bonds is 3. The van der Waals surface area contributed by atoms with Crippen LogP contribution in [0, 0.1) is 16.7 Å². The SMILES string of the molecule is CC1(C)CCCC(C#N)(NCc2cccs2)C1. The lowest BCUT2D eigenvalue weighted by molar-refractivity contribution is 0.157. The van der Waals surface area contributed by atoms with Crippen LogP contribution in [0.3, 0.4) is 0 Å². The fourth-order valence-electron chi connectivity index (χ4n) is 2.82. The Labute approximate surface area is 108 Å². The van der Waals surface area contributed by atoms with Gasteiger partial charge in [-0.25, -0.2) is 0 Å². The fourth-order valence-corrected chi connectivity index (χ4v) is 3.46. The van der Waals surface area contributed by atoms with Gasteiger partial charge in [0.15, 0.2) is 0 Å². The lowest BCUT2D eigenvalue weighted by Crippen LogP contribution is -2.49. The van der Waals surface area contributed by atoms with Crippen molar-refractivity contribution in [3.8, 4) is 6.07 Å². The van der Waals surface area contributed by atoms with Gasteiger partial charge in [0, 0.05) is 11.4 Å². The van der Waals surface area contributed by atoms with Crippen LogP contribution < -0.4 is 5.32 Å². The molecule has 0 bridgehead atoms. The topological polar surface area (TPSA) is 35.8 Å². The van der Waals surface area contributed by atoms with E-state index in [0.29, 0.717) is 0 Å². The molecule has 2 nitrogen and oxygen atoms in total. The third kappa shape index (κ3) is 3.08. The first kappa shape index (κ1) is 12.6. The molecular formula is C14H20N2S. The highest BCUT2D eigenvalue weighted by molar-refractivity contribution is 7.09. The van der Waals surface area contributed by atoms with Crippen LogP contribution in [0.1, 0.15) is 44.4 Å². The van der Waals surface area contributed by atoms with Gasteiger partial charge in [-0.05, 0) is 36.1 Å². The van der Waals surface area contributed by atoms with Crippen LogP contribution >= 0.6 is 11.3 Å². The predicted molar refractivity (Wildman–Crippen MR) is 71.8 cm³/mol. The normalized spacial score (nSPS) is 27.6. The second-order valence-corrected chi connectivity index (χ2v) is 6.85. The Kier molecular flexibility index (Phi) is 3.56. The third-order valence-corrected chi connectivity index (χ3v) is 4.51. The average Bonchev–Trinajstić information content (AvgIpc) is 2.78. The Morgan fingerprint density at radius 2 is 2.29 bits per heavy atom. The van der Waals surface area contributed by atoms with Gasteiger partial charge in [0.25, 0.3) is 0 Å². The molecule has 92 valence electrons. The van der Waals surface area contributed by atoms with E-state index in [0.717, 1.165) is 25.8 Å². The Hall–Kier alpha value is -0.850. The first-order chi connectivity index (χ1) is 8.05. The average molecular weight is 248 g/mol. The number of hydrogen-bond acceptors (Lipinski definition) is 3. The molecule has 0 aromatic carbocycles. The molecule has 17 heavy (non-hydrogen) atoms. The summed E-state index contributed by atoms with van der Waals surface area (Å²) in [5, 5.41) is 15.1. The Morgan fingerprint density at radius 3 is 2.88 bits per heavy atom. The highest BCUT2D eigenvalue weighted by Gasteiger charge is 2.39. The second kappa shape index (κ2) is 4.80. The molecule has 1 aliphatic carbocycles. The van der Waals surface area contributed by atoms with Crippen LogP contribution in [0.15, 0.2) is 17.5 Å². The van der Waals surface area contributed by atoms with Crippen molar-refractivity contribution in [2.24, 2.45) is 5.41 Å². The van der Waals surface area contributed by atoms with Crippen molar-refractivity contribution in [1.29, 1.82) is 5.26 Å². The quantitative estimate of drug-likeness (QED) is 0.885. The number of hydrogen-bond donors (Lipinski definition) is 1. The lowest BCUT2D eigenvalue weighted by Gasteiger charge is -2.41. The molecule has 1 heterocycles. The maximum atomic E-state index is 9.49. The van der Waals surface area contributed by atoms with Gasteiger partial charge in [-0.3, -0.25) is 5.32 Å². The first-order valence-electron chi connectivity index (χ1n) is 6.24.